The molecule has 3 rings (SSSR count). The van der Waals surface area contributed by atoms with E-state index in [2.05, 4.69) is 33.4 Å². The highest BCUT2D eigenvalue weighted by atomic mass is 79.9. The molecule has 0 aliphatic rings. The first kappa shape index (κ1) is 25.7. The fourth-order valence-electron chi connectivity index (χ4n) is 3.98. The molecule has 0 fully saturated rings. The molecule has 0 unspecified atom stereocenters. The van der Waals surface area contributed by atoms with Crippen molar-refractivity contribution in [2.75, 3.05) is 0 Å². The maximum absolute atomic E-state index is 13.8. The van der Waals surface area contributed by atoms with E-state index in [-0.39, 0.29) is 24.3 Å². The molecule has 178 valence electrons. The van der Waals surface area contributed by atoms with E-state index in [1.807, 2.05) is 88.4 Å². The van der Waals surface area contributed by atoms with Crippen molar-refractivity contribution in [1.29, 1.82) is 0 Å². The smallest absolute Gasteiger partial charge is 0.243 e. The van der Waals surface area contributed by atoms with Crippen LogP contribution in [0.25, 0.3) is 0 Å². The van der Waals surface area contributed by atoms with Crippen LogP contribution < -0.4 is 5.32 Å². The number of nitrogens with one attached hydrogen (secondary N) is 1. The fourth-order valence-corrected chi connectivity index (χ4v) is 4.24. The van der Waals surface area contributed by atoms with Gasteiger partial charge in [-0.3, -0.25) is 9.59 Å². The Kier molecular flexibility index (Phi) is 9.05. The highest BCUT2D eigenvalue weighted by Gasteiger charge is 2.31. The van der Waals surface area contributed by atoms with Crippen LogP contribution in [0.4, 0.5) is 0 Å². The highest BCUT2D eigenvalue weighted by molar-refractivity contribution is 9.10. The Labute approximate surface area is 211 Å². The molecule has 0 bridgehead atoms. The van der Waals surface area contributed by atoms with Crippen LogP contribution >= 0.6 is 15.9 Å². The number of carbonyl (C=O) groups is 2. The van der Waals surface area contributed by atoms with Crippen LogP contribution in [0.15, 0.2) is 77.3 Å². The van der Waals surface area contributed by atoms with Crippen molar-refractivity contribution < 1.29 is 9.59 Å². The van der Waals surface area contributed by atoms with Gasteiger partial charge in [0.05, 0.1) is 6.42 Å². The summed E-state index contributed by atoms with van der Waals surface area (Å²) in [5.74, 6) is -0.193. The van der Waals surface area contributed by atoms with Crippen LogP contribution in [0.3, 0.4) is 0 Å². The van der Waals surface area contributed by atoms with Crippen molar-refractivity contribution in [1.82, 2.24) is 10.2 Å². The molecular weight excluding hydrogens is 488 g/mol. The summed E-state index contributed by atoms with van der Waals surface area (Å²) in [6.45, 7) is 8.29. The topological polar surface area (TPSA) is 49.4 Å². The van der Waals surface area contributed by atoms with Crippen molar-refractivity contribution in [3.05, 3.63) is 105 Å². The number of hydrogen-bond acceptors (Lipinski definition) is 2. The van der Waals surface area contributed by atoms with Gasteiger partial charge in [-0.15, -0.1) is 0 Å². The third-order valence-electron chi connectivity index (χ3n) is 5.81. The molecule has 0 saturated carbocycles. The van der Waals surface area contributed by atoms with Gasteiger partial charge in [0.25, 0.3) is 0 Å². The summed E-state index contributed by atoms with van der Waals surface area (Å²) in [7, 11) is 0. The van der Waals surface area contributed by atoms with Gasteiger partial charge in [0.1, 0.15) is 6.04 Å². The maximum Gasteiger partial charge on any atom is 0.243 e. The summed E-state index contributed by atoms with van der Waals surface area (Å²) in [6, 6.07) is 23.3. The van der Waals surface area contributed by atoms with Crippen molar-refractivity contribution >= 4 is 27.7 Å². The third kappa shape index (κ3) is 7.29. The van der Waals surface area contributed by atoms with Gasteiger partial charge >= 0.3 is 0 Å². The lowest BCUT2D eigenvalue weighted by molar-refractivity contribution is -0.141. The van der Waals surface area contributed by atoms with E-state index in [9.17, 15) is 9.59 Å². The maximum atomic E-state index is 13.8. The van der Waals surface area contributed by atoms with E-state index in [0.717, 1.165) is 32.3 Å². The fraction of sp³-hybridized carbons (Fsp3) is 0.310. The zero-order valence-corrected chi connectivity index (χ0v) is 21.9. The van der Waals surface area contributed by atoms with Gasteiger partial charge in [-0.2, -0.15) is 0 Å². The van der Waals surface area contributed by atoms with Gasteiger partial charge in [-0.25, -0.2) is 0 Å². The predicted octanol–water partition coefficient (Wildman–Crippen LogP) is 5.77. The van der Waals surface area contributed by atoms with E-state index in [1.165, 1.54) is 0 Å². The lowest BCUT2D eigenvalue weighted by atomic mass is 9.99. The average Bonchev–Trinajstić information content (AvgIpc) is 2.80. The first-order valence-corrected chi connectivity index (χ1v) is 12.5. The second-order valence-electron chi connectivity index (χ2n) is 9.12. The molecule has 3 aromatic rings. The number of amides is 2. The Morgan fingerprint density at radius 2 is 1.59 bits per heavy atom. The normalized spacial score (nSPS) is 11.8. The van der Waals surface area contributed by atoms with E-state index in [1.54, 1.807) is 4.90 Å². The molecule has 34 heavy (non-hydrogen) atoms. The minimum atomic E-state index is -0.619. The molecule has 1 atom stereocenters. The summed E-state index contributed by atoms with van der Waals surface area (Å²) in [5, 5.41) is 3.04. The lowest BCUT2D eigenvalue weighted by Crippen LogP contribution is -2.52. The van der Waals surface area contributed by atoms with Crippen LogP contribution in [0.2, 0.25) is 0 Å². The zero-order chi connectivity index (χ0) is 24.7. The number of hydrogen-bond donors (Lipinski definition) is 1. The predicted molar refractivity (Wildman–Crippen MR) is 142 cm³/mol. The molecule has 1 N–H and O–H groups in total. The van der Waals surface area contributed by atoms with Crippen LogP contribution in [0, 0.1) is 13.8 Å². The first-order valence-electron chi connectivity index (χ1n) is 11.7. The van der Waals surface area contributed by atoms with E-state index in [0.29, 0.717) is 13.0 Å². The van der Waals surface area contributed by atoms with Crippen LogP contribution in [0.5, 0.6) is 0 Å². The van der Waals surface area contributed by atoms with Gasteiger partial charge in [-0.1, -0.05) is 82.2 Å². The van der Waals surface area contributed by atoms with E-state index >= 15 is 0 Å². The lowest BCUT2D eigenvalue weighted by Gasteiger charge is -2.32. The molecule has 4 nitrogen and oxygen atoms in total. The Morgan fingerprint density at radius 3 is 2.24 bits per heavy atom. The van der Waals surface area contributed by atoms with E-state index in [4.69, 9.17) is 0 Å². The van der Waals surface area contributed by atoms with Crippen LogP contribution in [-0.2, 0) is 29.0 Å². The molecular formula is C29H33BrN2O2. The van der Waals surface area contributed by atoms with Crippen molar-refractivity contribution in [3.8, 4) is 0 Å². The molecule has 0 spiro atoms. The first-order chi connectivity index (χ1) is 16.2. The zero-order valence-electron chi connectivity index (χ0n) is 20.3. The summed E-state index contributed by atoms with van der Waals surface area (Å²) in [4.78, 5) is 29.0. The average molecular weight is 521 g/mol. The third-order valence-corrected chi connectivity index (χ3v) is 6.34. The number of rotatable bonds is 9. The second-order valence-corrected chi connectivity index (χ2v) is 10.0. The number of aryl methyl sites for hydroxylation is 2. The van der Waals surface area contributed by atoms with Crippen LogP contribution in [0.1, 0.15) is 41.7 Å². The molecule has 3 aromatic carbocycles. The Morgan fingerprint density at radius 1 is 0.912 bits per heavy atom. The minimum absolute atomic E-state index is 0.0191. The standard InChI is InChI=1S/C29H33BrN2O2/c1-20(2)31-29(34)27(17-23-8-6-5-7-9-23)32(19-24-12-14-26(30)15-13-24)28(33)18-25-16-21(3)10-11-22(25)4/h5-16,20,27H,17-19H2,1-4H3,(H,31,34)/t27-/m0/s1. The Bertz CT molecular complexity index is 1110. The Hall–Kier alpha value is -2.92. The summed E-state index contributed by atoms with van der Waals surface area (Å²) in [5.41, 5.74) is 5.19. The molecule has 0 saturated heterocycles. The van der Waals surface area contributed by atoms with Gasteiger partial charge in [0.2, 0.25) is 11.8 Å². The van der Waals surface area contributed by atoms with E-state index < -0.39 is 6.04 Å². The molecule has 0 aliphatic carbocycles. The van der Waals surface area contributed by atoms with Crippen molar-refractivity contribution in [3.63, 3.8) is 0 Å². The molecule has 2 amide bonds. The van der Waals surface area contributed by atoms with Crippen molar-refractivity contribution in [2.24, 2.45) is 0 Å². The molecule has 0 aliphatic heterocycles. The Balaban J connectivity index is 1.99. The molecule has 0 heterocycles. The summed E-state index contributed by atoms with van der Waals surface area (Å²) >= 11 is 3.48. The monoisotopic (exact) mass is 520 g/mol. The van der Waals surface area contributed by atoms with Gasteiger partial charge < -0.3 is 10.2 Å². The number of benzene rings is 3. The van der Waals surface area contributed by atoms with Gasteiger partial charge in [0, 0.05) is 23.5 Å². The minimum Gasteiger partial charge on any atom is -0.352 e. The molecule has 0 radical (unpaired) electrons. The quantitative estimate of drug-likeness (QED) is 0.389. The number of halogens is 1. The van der Waals surface area contributed by atoms with Crippen LogP contribution in [-0.4, -0.2) is 28.8 Å². The largest absolute Gasteiger partial charge is 0.352 e. The van der Waals surface area contributed by atoms with Crippen molar-refractivity contribution in [2.45, 2.75) is 59.2 Å². The molecule has 5 heteroatoms. The highest BCUT2D eigenvalue weighted by Crippen LogP contribution is 2.20. The SMILES string of the molecule is Cc1ccc(C)c(CC(=O)N(Cc2ccc(Br)cc2)[C@@H](Cc2ccccc2)C(=O)NC(C)C)c1. The second kappa shape index (κ2) is 12.0. The van der Waals surface area contributed by atoms with Gasteiger partial charge in [0.15, 0.2) is 0 Å². The summed E-state index contributed by atoms with van der Waals surface area (Å²) < 4.78 is 0.975. The van der Waals surface area contributed by atoms with Gasteiger partial charge in [-0.05, 0) is 62.1 Å². The number of carbonyl (C=O) groups excluding carboxylic acids is 2. The molecule has 0 aromatic heterocycles. The summed E-state index contributed by atoms with van der Waals surface area (Å²) in [6.07, 6.45) is 0.707. The number of nitrogens with zero attached hydrogens (tertiary/aromatic N) is 1.